The summed E-state index contributed by atoms with van der Waals surface area (Å²) in [6.07, 6.45) is 0.266. The van der Waals surface area contributed by atoms with E-state index >= 15 is 0 Å². The number of carbonyl (C=O) groups excluding carboxylic acids is 2. The van der Waals surface area contributed by atoms with Crippen LogP contribution in [0.1, 0.15) is 11.1 Å². The second-order valence-electron chi connectivity index (χ2n) is 7.08. The Kier molecular flexibility index (Phi) is 7.19. The molecule has 0 aliphatic carbocycles. The SMILES string of the molecule is COc1ccc(CNC(=O)CN2CCN(C(=O)Cc3ccc(F)cc3)CC2)cc1. The van der Waals surface area contributed by atoms with Gasteiger partial charge in [0, 0.05) is 32.7 Å². The third-order valence-electron chi connectivity index (χ3n) is 5.01. The maximum Gasteiger partial charge on any atom is 0.234 e. The predicted octanol–water partition coefficient (Wildman–Crippen LogP) is 1.84. The maximum absolute atomic E-state index is 13.0. The number of hydrogen-bond acceptors (Lipinski definition) is 4. The Hall–Kier alpha value is -2.93. The molecule has 2 aromatic carbocycles. The van der Waals surface area contributed by atoms with Crippen molar-refractivity contribution in [2.75, 3.05) is 39.8 Å². The van der Waals surface area contributed by atoms with Crippen molar-refractivity contribution in [2.45, 2.75) is 13.0 Å². The van der Waals surface area contributed by atoms with E-state index in [1.807, 2.05) is 29.2 Å². The van der Waals surface area contributed by atoms with Crippen LogP contribution in [0.4, 0.5) is 4.39 Å². The normalized spacial score (nSPS) is 14.5. The molecule has 0 saturated carbocycles. The van der Waals surface area contributed by atoms with Gasteiger partial charge in [-0.3, -0.25) is 14.5 Å². The molecule has 0 atom stereocenters. The summed E-state index contributed by atoms with van der Waals surface area (Å²) in [5.41, 5.74) is 1.81. The second kappa shape index (κ2) is 10.0. The smallest absolute Gasteiger partial charge is 0.234 e. The van der Waals surface area contributed by atoms with Gasteiger partial charge in [0.05, 0.1) is 20.1 Å². The molecule has 2 aromatic rings. The van der Waals surface area contributed by atoms with Gasteiger partial charge in [0.2, 0.25) is 11.8 Å². The van der Waals surface area contributed by atoms with E-state index in [9.17, 15) is 14.0 Å². The summed E-state index contributed by atoms with van der Waals surface area (Å²) < 4.78 is 18.1. The molecule has 0 unspecified atom stereocenters. The summed E-state index contributed by atoms with van der Waals surface area (Å²) in [6, 6.07) is 13.6. The van der Waals surface area contributed by atoms with E-state index in [2.05, 4.69) is 5.32 Å². The minimum absolute atomic E-state index is 0.0280. The van der Waals surface area contributed by atoms with Gasteiger partial charge in [0.25, 0.3) is 0 Å². The quantitative estimate of drug-likeness (QED) is 0.772. The van der Waals surface area contributed by atoms with Crippen LogP contribution in [0.25, 0.3) is 0 Å². The van der Waals surface area contributed by atoms with Crippen molar-refractivity contribution in [1.82, 2.24) is 15.1 Å². The van der Waals surface area contributed by atoms with Gasteiger partial charge in [-0.25, -0.2) is 4.39 Å². The van der Waals surface area contributed by atoms with Crippen LogP contribution >= 0.6 is 0 Å². The highest BCUT2D eigenvalue weighted by Gasteiger charge is 2.22. The minimum Gasteiger partial charge on any atom is -0.497 e. The van der Waals surface area contributed by atoms with Crippen LogP contribution in [0.3, 0.4) is 0 Å². The van der Waals surface area contributed by atoms with Crippen molar-refractivity contribution < 1.29 is 18.7 Å². The van der Waals surface area contributed by atoms with Gasteiger partial charge < -0.3 is 15.0 Å². The number of methoxy groups -OCH3 is 1. The van der Waals surface area contributed by atoms with E-state index in [-0.39, 0.29) is 24.1 Å². The molecule has 3 rings (SSSR count). The number of benzene rings is 2. The standard InChI is InChI=1S/C22H26FN3O3/c1-29-20-8-4-18(5-9-20)15-24-21(27)16-25-10-12-26(13-11-25)22(28)14-17-2-6-19(23)7-3-17/h2-9H,10-16H2,1H3,(H,24,27). The largest absolute Gasteiger partial charge is 0.497 e. The van der Waals surface area contributed by atoms with Crippen molar-refractivity contribution in [1.29, 1.82) is 0 Å². The van der Waals surface area contributed by atoms with Gasteiger partial charge in [-0.2, -0.15) is 0 Å². The number of rotatable bonds is 7. The van der Waals surface area contributed by atoms with Gasteiger partial charge in [0.1, 0.15) is 11.6 Å². The fourth-order valence-corrected chi connectivity index (χ4v) is 3.25. The summed E-state index contributed by atoms with van der Waals surface area (Å²) in [4.78, 5) is 28.5. The monoisotopic (exact) mass is 399 g/mol. The van der Waals surface area contributed by atoms with E-state index < -0.39 is 0 Å². The Bertz CT molecular complexity index is 816. The Morgan fingerprint density at radius 2 is 1.59 bits per heavy atom. The van der Waals surface area contributed by atoms with Crippen molar-refractivity contribution in [3.8, 4) is 5.75 Å². The van der Waals surface area contributed by atoms with E-state index in [0.29, 0.717) is 39.3 Å². The van der Waals surface area contributed by atoms with E-state index in [0.717, 1.165) is 16.9 Å². The summed E-state index contributed by atoms with van der Waals surface area (Å²) in [7, 11) is 1.62. The van der Waals surface area contributed by atoms with Crippen molar-refractivity contribution in [3.63, 3.8) is 0 Å². The van der Waals surface area contributed by atoms with Gasteiger partial charge in [-0.15, -0.1) is 0 Å². The van der Waals surface area contributed by atoms with Gasteiger partial charge in [0.15, 0.2) is 0 Å². The lowest BCUT2D eigenvalue weighted by Gasteiger charge is -2.34. The predicted molar refractivity (Wildman–Crippen MR) is 108 cm³/mol. The average Bonchev–Trinajstić information content (AvgIpc) is 2.75. The van der Waals surface area contributed by atoms with E-state index in [1.165, 1.54) is 12.1 Å². The molecule has 1 saturated heterocycles. The molecule has 1 aliphatic heterocycles. The van der Waals surface area contributed by atoms with Crippen LogP contribution in [-0.2, 0) is 22.6 Å². The fraction of sp³-hybridized carbons (Fsp3) is 0.364. The van der Waals surface area contributed by atoms with Crippen LogP contribution in [0.15, 0.2) is 48.5 Å². The summed E-state index contributed by atoms with van der Waals surface area (Å²) >= 11 is 0. The fourth-order valence-electron chi connectivity index (χ4n) is 3.25. The Morgan fingerprint density at radius 3 is 2.21 bits per heavy atom. The zero-order valence-electron chi connectivity index (χ0n) is 16.6. The molecule has 1 aliphatic rings. The molecule has 0 spiro atoms. The molecule has 6 nitrogen and oxygen atoms in total. The molecule has 1 heterocycles. The van der Waals surface area contributed by atoms with Gasteiger partial charge in [-0.1, -0.05) is 24.3 Å². The Balaban J connectivity index is 1.37. The number of hydrogen-bond donors (Lipinski definition) is 1. The highest BCUT2D eigenvalue weighted by atomic mass is 19.1. The average molecular weight is 399 g/mol. The Morgan fingerprint density at radius 1 is 0.966 bits per heavy atom. The molecule has 2 amide bonds. The summed E-state index contributed by atoms with van der Waals surface area (Å²) in [5.74, 6) is 0.471. The van der Waals surface area contributed by atoms with Gasteiger partial charge >= 0.3 is 0 Å². The number of nitrogens with zero attached hydrogens (tertiary/aromatic N) is 2. The zero-order valence-corrected chi connectivity index (χ0v) is 16.6. The van der Waals surface area contributed by atoms with Crippen LogP contribution in [0.2, 0.25) is 0 Å². The molecular formula is C22H26FN3O3. The minimum atomic E-state index is -0.305. The molecule has 154 valence electrons. The molecule has 0 radical (unpaired) electrons. The first-order valence-electron chi connectivity index (χ1n) is 9.67. The molecule has 0 aromatic heterocycles. The number of amides is 2. The van der Waals surface area contributed by atoms with Crippen molar-refractivity contribution in [3.05, 3.63) is 65.5 Å². The van der Waals surface area contributed by atoms with Gasteiger partial charge in [-0.05, 0) is 35.4 Å². The first-order valence-corrected chi connectivity index (χ1v) is 9.67. The molecular weight excluding hydrogens is 373 g/mol. The van der Waals surface area contributed by atoms with Crippen molar-refractivity contribution in [2.24, 2.45) is 0 Å². The topological polar surface area (TPSA) is 61.9 Å². The van der Waals surface area contributed by atoms with E-state index in [1.54, 1.807) is 24.1 Å². The molecule has 7 heteroatoms. The molecule has 0 bridgehead atoms. The zero-order chi connectivity index (χ0) is 20.6. The first-order chi connectivity index (χ1) is 14.0. The number of carbonyl (C=O) groups is 2. The van der Waals surface area contributed by atoms with Crippen LogP contribution < -0.4 is 10.1 Å². The van der Waals surface area contributed by atoms with Crippen LogP contribution in [0, 0.1) is 5.82 Å². The lowest BCUT2D eigenvalue weighted by atomic mass is 10.1. The maximum atomic E-state index is 13.0. The molecule has 29 heavy (non-hydrogen) atoms. The highest BCUT2D eigenvalue weighted by molar-refractivity contribution is 5.79. The van der Waals surface area contributed by atoms with Crippen LogP contribution in [-0.4, -0.2) is 61.4 Å². The third kappa shape index (κ3) is 6.29. The highest BCUT2D eigenvalue weighted by Crippen LogP contribution is 2.11. The first kappa shape index (κ1) is 20.8. The number of halogens is 1. The second-order valence-corrected chi connectivity index (χ2v) is 7.08. The lowest BCUT2D eigenvalue weighted by Crippen LogP contribution is -2.51. The number of nitrogens with one attached hydrogen (secondary N) is 1. The summed E-state index contributed by atoms with van der Waals surface area (Å²) in [5, 5.41) is 2.92. The van der Waals surface area contributed by atoms with Crippen LogP contribution in [0.5, 0.6) is 5.75 Å². The number of piperazine rings is 1. The lowest BCUT2D eigenvalue weighted by molar-refractivity contribution is -0.132. The van der Waals surface area contributed by atoms with E-state index in [4.69, 9.17) is 4.74 Å². The van der Waals surface area contributed by atoms with Crippen molar-refractivity contribution >= 4 is 11.8 Å². The number of ether oxygens (including phenoxy) is 1. The molecule has 1 N–H and O–H groups in total. The third-order valence-corrected chi connectivity index (χ3v) is 5.01. The summed E-state index contributed by atoms with van der Waals surface area (Å²) in [6.45, 7) is 3.28. The Labute approximate surface area is 170 Å². The molecule has 1 fully saturated rings.